The Bertz CT molecular complexity index is 522. The molecule has 0 bridgehead atoms. The second-order valence-corrected chi connectivity index (χ2v) is 5.76. The van der Waals surface area contributed by atoms with Gasteiger partial charge in [-0.05, 0) is 31.9 Å². The Labute approximate surface area is 136 Å². The third-order valence-electron chi connectivity index (χ3n) is 3.87. The number of likely N-dealkylation sites (tertiary alicyclic amines) is 1. The minimum absolute atomic E-state index is 0.0211. The average Bonchev–Trinajstić information content (AvgIpc) is 2.55. The summed E-state index contributed by atoms with van der Waals surface area (Å²) < 4.78 is 10.3. The lowest BCUT2D eigenvalue weighted by atomic mass is 10.1. The predicted molar refractivity (Wildman–Crippen MR) is 86.3 cm³/mol. The molecule has 0 saturated carbocycles. The van der Waals surface area contributed by atoms with Crippen LogP contribution in [0.4, 0.5) is 0 Å². The molecule has 1 saturated heterocycles. The summed E-state index contributed by atoms with van der Waals surface area (Å²) in [5, 5.41) is 2.91. The molecule has 0 radical (unpaired) electrons. The van der Waals surface area contributed by atoms with Crippen molar-refractivity contribution in [2.75, 3.05) is 33.4 Å². The fraction of sp³-hybridized carbons (Fsp3) is 0.529. The molecule has 1 fully saturated rings. The first-order chi connectivity index (χ1) is 11.1. The fourth-order valence-electron chi connectivity index (χ4n) is 2.54. The van der Waals surface area contributed by atoms with Gasteiger partial charge in [-0.3, -0.25) is 9.59 Å². The van der Waals surface area contributed by atoms with Crippen LogP contribution in [0.15, 0.2) is 24.3 Å². The highest BCUT2D eigenvalue weighted by molar-refractivity contribution is 5.78. The minimum atomic E-state index is -0.111. The first kappa shape index (κ1) is 17.3. The second-order valence-electron chi connectivity index (χ2n) is 5.76. The monoisotopic (exact) mass is 320 g/mol. The van der Waals surface area contributed by atoms with Gasteiger partial charge in [0.2, 0.25) is 5.91 Å². The minimum Gasteiger partial charge on any atom is -0.484 e. The molecule has 2 rings (SSSR count). The number of benzene rings is 1. The summed E-state index contributed by atoms with van der Waals surface area (Å²) >= 11 is 0. The SMILES string of the molecule is COCC(=O)NC1CCN(C(=O)COc2ccc(C)cc2)CC1. The van der Waals surface area contributed by atoms with Gasteiger partial charge in [0.15, 0.2) is 6.61 Å². The molecular formula is C17H24N2O4. The zero-order valence-electron chi connectivity index (χ0n) is 13.7. The van der Waals surface area contributed by atoms with Crippen LogP contribution in [0, 0.1) is 6.92 Å². The molecule has 1 aliphatic rings. The summed E-state index contributed by atoms with van der Waals surface area (Å²) in [4.78, 5) is 25.4. The number of nitrogens with zero attached hydrogens (tertiary/aromatic N) is 1. The number of ether oxygens (including phenoxy) is 2. The molecule has 1 aromatic carbocycles. The van der Waals surface area contributed by atoms with Crippen LogP contribution in [0.3, 0.4) is 0 Å². The zero-order chi connectivity index (χ0) is 16.7. The maximum Gasteiger partial charge on any atom is 0.260 e. The number of nitrogens with one attached hydrogen (secondary N) is 1. The van der Waals surface area contributed by atoms with Gasteiger partial charge in [-0.25, -0.2) is 0 Å². The third kappa shape index (κ3) is 5.56. The van der Waals surface area contributed by atoms with Crippen molar-refractivity contribution in [3.63, 3.8) is 0 Å². The Balaban J connectivity index is 1.71. The van der Waals surface area contributed by atoms with Crippen LogP contribution in [-0.4, -0.2) is 56.2 Å². The van der Waals surface area contributed by atoms with Crippen LogP contribution in [0.25, 0.3) is 0 Å². The lowest BCUT2D eigenvalue weighted by Gasteiger charge is -2.32. The van der Waals surface area contributed by atoms with E-state index >= 15 is 0 Å². The van der Waals surface area contributed by atoms with Crippen molar-refractivity contribution in [3.05, 3.63) is 29.8 Å². The standard InChI is InChI=1S/C17H24N2O4/c1-13-3-5-15(6-4-13)23-12-17(21)19-9-7-14(8-10-19)18-16(20)11-22-2/h3-6,14H,7-12H2,1-2H3,(H,18,20). The molecule has 126 valence electrons. The molecule has 6 nitrogen and oxygen atoms in total. The first-order valence-corrected chi connectivity index (χ1v) is 7.84. The van der Waals surface area contributed by atoms with Crippen molar-refractivity contribution in [3.8, 4) is 5.75 Å². The van der Waals surface area contributed by atoms with E-state index in [9.17, 15) is 9.59 Å². The van der Waals surface area contributed by atoms with E-state index < -0.39 is 0 Å². The zero-order valence-corrected chi connectivity index (χ0v) is 13.7. The summed E-state index contributed by atoms with van der Waals surface area (Å²) in [6.45, 7) is 3.39. The molecule has 0 aromatic heterocycles. The summed E-state index contributed by atoms with van der Waals surface area (Å²) in [6.07, 6.45) is 1.51. The third-order valence-corrected chi connectivity index (χ3v) is 3.87. The van der Waals surface area contributed by atoms with Gasteiger partial charge < -0.3 is 19.7 Å². The van der Waals surface area contributed by atoms with Gasteiger partial charge in [0.1, 0.15) is 12.4 Å². The molecule has 1 aliphatic heterocycles. The molecule has 0 spiro atoms. The highest BCUT2D eigenvalue weighted by atomic mass is 16.5. The van der Waals surface area contributed by atoms with Crippen molar-refractivity contribution >= 4 is 11.8 Å². The van der Waals surface area contributed by atoms with Crippen LogP contribution < -0.4 is 10.1 Å². The lowest BCUT2D eigenvalue weighted by molar-refractivity contribution is -0.134. The number of aryl methyl sites for hydroxylation is 1. The quantitative estimate of drug-likeness (QED) is 0.853. The Morgan fingerprint density at radius 2 is 1.83 bits per heavy atom. The summed E-state index contributed by atoms with van der Waals surface area (Å²) in [5.74, 6) is 0.567. The molecule has 6 heteroatoms. The number of carbonyl (C=O) groups excluding carboxylic acids is 2. The lowest BCUT2D eigenvalue weighted by Crippen LogP contribution is -2.48. The predicted octanol–water partition coefficient (Wildman–Crippen LogP) is 1.13. The van der Waals surface area contributed by atoms with Gasteiger partial charge in [0.25, 0.3) is 5.91 Å². The van der Waals surface area contributed by atoms with Crippen LogP contribution in [0.2, 0.25) is 0 Å². The summed E-state index contributed by atoms with van der Waals surface area (Å²) in [7, 11) is 1.49. The highest BCUT2D eigenvalue weighted by Crippen LogP contribution is 2.13. The molecule has 0 unspecified atom stereocenters. The van der Waals surface area contributed by atoms with E-state index in [4.69, 9.17) is 9.47 Å². The number of hydrogen-bond acceptors (Lipinski definition) is 4. The fourth-order valence-corrected chi connectivity index (χ4v) is 2.54. The smallest absolute Gasteiger partial charge is 0.260 e. The average molecular weight is 320 g/mol. The molecule has 1 aromatic rings. The van der Waals surface area contributed by atoms with Crippen molar-refractivity contribution in [1.82, 2.24) is 10.2 Å². The van der Waals surface area contributed by atoms with Gasteiger partial charge in [-0.2, -0.15) is 0 Å². The molecule has 2 amide bonds. The van der Waals surface area contributed by atoms with Crippen molar-refractivity contribution < 1.29 is 19.1 Å². The van der Waals surface area contributed by atoms with E-state index in [1.54, 1.807) is 4.90 Å². The van der Waals surface area contributed by atoms with Gasteiger partial charge in [0, 0.05) is 26.2 Å². The molecule has 1 N–H and O–H groups in total. The van der Waals surface area contributed by atoms with E-state index in [0.29, 0.717) is 18.8 Å². The van der Waals surface area contributed by atoms with Crippen molar-refractivity contribution in [2.24, 2.45) is 0 Å². The molecule has 0 atom stereocenters. The van der Waals surface area contributed by atoms with E-state index in [2.05, 4.69) is 5.32 Å². The Hall–Kier alpha value is -2.08. The van der Waals surface area contributed by atoms with Gasteiger partial charge in [0.05, 0.1) is 0 Å². The molecule has 1 heterocycles. The summed E-state index contributed by atoms with van der Waals surface area (Å²) in [5.41, 5.74) is 1.15. The van der Waals surface area contributed by atoms with Crippen molar-refractivity contribution in [2.45, 2.75) is 25.8 Å². The number of rotatable bonds is 6. The van der Waals surface area contributed by atoms with Gasteiger partial charge in [-0.15, -0.1) is 0 Å². The van der Waals surface area contributed by atoms with E-state index in [0.717, 1.165) is 18.4 Å². The van der Waals surface area contributed by atoms with E-state index in [1.807, 2.05) is 31.2 Å². The van der Waals surface area contributed by atoms with Crippen LogP contribution in [0.5, 0.6) is 5.75 Å². The van der Waals surface area contributed by atoms with E-state index in [1.165, 1.54) is 7.11 Å². The van der Waals surface area contributed by atoms with Gasteiger partial charge >= 0.3 is 0 Å². The van der Waals surface area contributed by atoms with Gasteiger partial charge in [-0.1, -0.05) is 17.7 Å². The van der Waals surface area contributed by atoms with E-state index in [-0.39, 0.29) is 31.1 Å². The normalized spacial score (nSPS) is 15.3. The Morgan fingerprint density at radius 3 is 2.43 bits per heavy atom. The van der Waals surface area contributed by atoms with Crippen LogP contribution in [-0.2, 0) is 14.3 Å². The number of carbonyl (C=O) groups is 2. The van der Waals surface area contributed by atoms with Crippen molar-refractivity contribution in [1.29, 1.82) is 0 Å². The number of piperidine rings is 1. The molecule has 23 heavy (non-hydrogen) atoms. The second kappa shape index (κ2) is 8.53. The summed E-state index contributed by atoms with van der Waals surface area (Å²) in [6, 6.07) is 7.74. The Kier molecular flexibility index (Phi) is 6.40. The Morgan fingerprint density at radius 1 is 1.17 bits per heavy atom. The number of amides is 2. The number of hydrogen-bond donors (Lipinski definition) is 1. The topological polar surface area (TPSA) is 67.9 Å². The number of methoxy groups -OCH3 is 1. The van der Waals surface area contributed by atoms with Crippen LogP contribution in [0.1, 0.15) is 18.4 Å². The maximum absolute atomic E-state index is 12.2. The largest absolute Gasteiger partial charge is 0.484 e. The van der Waals surface area contributed by atoms with Crippen LogP contribution >= 0.6 is 0 Å². The molecule has 0 aliphatic carbocycles. The first-order valence-electron chi connectivity index (χ1n) is 7.84. The molecular weight excluding hydrogens is 296 g/mol. The highest BCUT2D eigenvalue weighted by Gasteiger charge is 2.23. The maximum atomic E-state index is 12.2.